The lowest BCUT2D eigenvalue weighted by Crippen LogP contribution is -2.37. The largest absolute Gasteiger partial charge is 0.467 e. The first kappa shape index (κ1) is 17.4. The predicted octanol–water partition coefficient (Wildman–Crippen LogP) is 4.03. The highest BCUT2D eigenvalue weighted by molar-refractivity contribution is 7.99. The fourth-order valence-corrected chi connectivity index (χ4v) is 2.98. The van der Waals surface area contributed by atoms with Crippen LogP contribution < -0.4 is 10.6 Å². The second kappa shape index (κ2) is 8.64. The Morgan fingerprint density at radius 3 is 2.78 bits per heavy atom. The number of anilines is 1. The SMILES string of the molecule is CCSc1ccccc1NC(=O)N[C@H](C)C[C@@H](O)c1ccco1. The van der Waals surface area contributed by atoms with Crippen LogP contribution in [0.3, 0.4) is 0 Å². The highest BCUT2D eigenvalue weighted by Crippen LogP contribution is 2.26. The highest BCUT2D eigenvalue weighted by Gasteiger charge is 2.16. The van der Waals surface area contributed by atoms with Crippen molar-refractivity contribution in [2.24, 2.45) is 0 Å². The Morgan fingerprint density at radius 2 is 2.09 bits per heavy atom. The van der Waals surface area contributed by atoms with Gasteiger partial charge in [0.25, 0.3) is 0 Å². The van der Waals surface area contributed by atoms with Gasteiger partial charge in [-0.05, 0) is 36.9 Å². The first-order valence-corrected chi connectivity index (χ1v) is 8.59. The summed E-state index contributed by atoms with van der Waals surface area (Å²) in [5.41, 5.74) is 0.788. The van der Waals surface area contributed by atoms with E-state index in [-0.39, 0.29) is 12.1 Å². The number of benzene rings is 1. The number of hydrogen-bond donors (Lipinski definition) is 3. The molecule has 6 heteroatoms. The summed E-state index contributed by atoms with van der Waals surface area (Å²) in [7, 11) is 0. The van der Waals surface area contributed by atoms with Gasteiger partial charge in [0.2, 0.25) is 0 Å². The van der Waals surface area contributed by atoms with Crippen LogP contribution in [0.1, 0.15) is 32.1 Å². The van der Waals surface area contributed by atoms with Crippen molar-refractivity contribution < 1.29 is 14.3 Å². The molecule has 0 saturated carbocycles. The molecule has 1 aromatic carbocycles. The quantitative estimate of drug-likeness (QED) is 0.668. The van der Waals surface area contributed by atoms with E-state index in [0.717, 1.165) is 16.3 Å². The molecule has 1 aromatic heterocycles. The van der Waals surface area contributed by atoms with Crippen molar-refractivity contribution in [2.75, 3.05) is 11.1 Å². The second-order valence-electron chi connectivity index (χ2n) is 5.20. The summed E-state index contributed by atoms with van der Waals surface area (Å²) >= 11 is 1.68. The van der Waals surface area contributed by atoms with E-state index in [0.29, 0.717) is 12.2 Å². The van der Waals surface area contributed by atoms with Crippen molar-refractivity contribution in [1.82, 2.24) is 5.32 Å². The minimum atomic E-state index is -0.733. The number of carbonyl (C=O) groups is 1. The van der Waals surface area contributed by atoms with Crippen LogP contribution in [-0.2, 0) is 0 Å². The average molecular weight is 334 g/mol. The van der Waals surface area contributed by atoms with Crippen molar-refractivity contribution in [3.63, 3.8) is 0 Å². The van der Waals surface area contributed by atoms with Crippen molar-refractivity contribution in [2.45, 2.75) is 37.3 Å². The van der Waals surface area contributed by atoms with Gasteiger partial charge in [0.1, 0.15) is 11.9 Å². The van der Waals surface area contributed by atoms with Crippen LogP contribution in [0.15, 0.2) is 52.0 Å². The number of aliphatic hydroxyl groups excluding tert-OH is 1. The van der Waals surface area contributed by atoms with Crippen LogP contribution in [0, 0.1) is 0 Å². The number of hydrogen-bond acceptors (Lipinski definition) is 4. The first-order chi connectivity index (χ1) is 11.1. The number of nitrogens with one attached hydrogen (secondary N) is 2. The maximum Gasteiger partial charge on any atom is 0.319 e. The van der Waals surface area contributed by atoms with E-state index in [1.807, 2.05) is 31.2 Å². The predicted molar refractivity (Wildman–Crippen MR) is 92.7 cm³/mol. The molecule has 0 unspecified atom stereocenters. The molecule has 0 bridgehead atoms. The number of carbonyl (C=O) groups excluding carboxylic acids is 1. The fourth-order valence-electron chi connectivity index (χ4n) is 2.22. The monoisotopic (exact) mass is 334 g/mol. The molecule has 3 N–H and O–H groups in total. The van der Waals surface area contributed by atoms with Crippen LogP contribution >= 0.6 is 11.8 Å². The third-order valence-corrected chi connectivity index (χ3v) is 4.22. The molecular weight excluding hydrogens is 312 g/mol. The Bertz CT molecular complexity index is 616. The van der Waals surface area contributed by atoms with E-state index in [4.69, 9.17) is 4.42 Å². The molecule has 0 fully saturated rings. The lowest BCUT2D eigenvalue weighted by atomic mass is 10.1. The van der Waals surface area contributed by atoms with Gasteiger partial charge in [-0.3, -0.25) is 0 Å². The molecule has 124 valence electrons. The van der Waals surface area contributed by atoms with Gasteiger partial charge in [0.15, 0.2) is 0 Å². The molecule has 0 saturated heterocycles. The standard InChI is InChI=1S/C17H22N2O3S/c1-3-23-16-9-5-4-7-13(16)19-17(21)18-12(2)11-14(20)15-8-6-10-22-15/h4-10,12,14,20H,3,11H2,1-2H3,(H2,18,19,21)/t12-,14-/m1/s1. The zero-order valence-corrected chi connectivity index (χ0v) is 14.1. The molecular formula is C17H22N2O3S. The smallest absolute Gasteiger partial charge is 0.319 e. The second-order valence-corrected chi connectivity index (χ2v) is 6.50. The average Bonchev–Trinajstić information content (AvgIpc) is 3.03. The summed E-state index contributed by atoms with van der Waals surface area (Å²) < 4.78 is 5.16. The first-order valence-electron chi connectivity index (χ1n) is 7.61. The molecule has 2 atom stereocenters. The molecule has 0 aliphatic heterocycles. The van der Waals surface area contributed by atoms with Gasteiger partial charge >= 0.3 is 6.03 Å². The molecule has 0 spiro atoms. The maximum absolute atomic E-state index is 12.1. The van der Waals surface area contributed by atoms with Crippen LogP contribution in [0.25, 0.3) is 0 Å². The number of furan rings is 1. The third kappa shape index (κ3) is 5.33. The number of urea groups is 1. The molecule has 0 aliphatic rings. The van der Waals surface area contributed by atoms with E-state index < -0.39 is 6.10 Å². The number of aliphatic hydroxyl groups is 1. The number of thioether (sulfide) groups is 1. The fraction of sp³-hybridized carbons (Fsp3) is 0.353. The van der Waals surface area contributed by atoms with Crippen molar-refractivity contribution in [3.8, 4) is 0 Å². The molecule has 23 heavy (non-hydrogen) atoms. The zero-order chi connectivity index (χ0) is 16.7. The Kier molecular flexibility index (Phi) is 6.55. The van der Waals surface area contributed by atoms with Crippen molar-refractivity contribution in [1.29, 1.82) is 0 Å². The highest BCUT2D eigenvalue weighted by atomic mass is 32.2. The summed E-state index contributed by atoms with van der Waals surface area (Å²) in [6, 6.07) is 10.7. The summed E-state index contributed by atoms with van der Waals surface area (Å²) in [5, 5.41) is 15.7. The zero-order valence-electron chi connectivity index (χ0n) is 13.3. The Hall–Kier alpha value is -1.92. The van der Waals surface area contributed by atoms with Crippen LogP contribution in [0.4, 0.5) is 10.5 Å². The topological polar surface area (TPSA) is 74.5 Å². The van der Waals surface area contributed by atoms with Crippen LogP contribution in [-0.4, -0.2) is 22.9 Å². The molecule has 1 heterocycles. The van der Waals surface area contributed by atoms with Crippen LogP contribution in [0.2, 0.25) is 0 Å². The molecule has 5 nitrogen and oxygen atoms in total. The van der Waals surface area contributed by atoms with Gasteiger partial charge in [-0.25, -0.2) is 4.79 Å². The minimum absolute atomic E-state index is 0.193. The Labute approximate surface area is 140 Å². The normalized spacial score (nSPS) is 13.3. The minimum Gasteiger partial charge on any atom is -0.467 e. The van der Waals surface area contributed by atoms with E-state index in [9.17, 15) is 9.90 Å². The number of para-hydroxylation sites is 1. The lowest BCUT2D eigenvalue weighted by molar-refractivity contribution is 0.130. The van der Waals surface area contributed by atoms with Gasteiger partial charge in [-0.1, -0.05) is 19.1 Å². The van der Waals surface area contributed by atoms with Gasteiger partial charge in [-0.2, -0.15) is 0 Å². The van der Waals surface area contributed by atoms with E-state index in [1.165, 1.54) is 6.26 Å². The molecule has 2 amide bonds. The maximum atomic E-state index is 12.1. The Morgan fingerprint density at radius 1 is 1.30 bits per heavy atom. The van der Waals surface area contributed by atoms with Crippen molar-refractivity contribution in [3.05, 3.63) is 48.4 Å². The summed E-state index contributed by atoms with van der Waals surface area (Å²) in [4.78, 5) is 13.1. The summed E-state index contributed by atoms with van der Waals surface area (Å²) in [6.45, 7) is 3.91. The van der Waals surface area contributed by atoms with Gasteiger partial charge in [-0.15, -0.1) is 11.8 Å². The number of rotatable bonds is 7. The van der Waals surface area contributed by atoms with Gasteiger partial charge in [0, 0.05) is 17.4 Å². The van der Waals surface area contributed by atoms with Gasteiger partial charge < -0.3 is 20.2 Å². The molecule has 2 aromatic rings. The molecule has 2 rings (SSSR count). The van der Waals surface area contributed by atoms with Crippen LogP contribution in [0.5, 0.6) is 0 Å². The number of amides is 2. The van der Waals surface area contributed by atoms with E-state index in [1.54, 1.807) is 23.9 Å². The third-order valence-electron chi connectivity index (χ3n) is 3.26. The van der Waals surface area contributed by atoms with E-state index >= 15 is 0 Å². The molecule has 0 radical (unpaired) electrons. The Balaban J connectivity index is 1.87. The molecule has 0 aliphatic carbocycles. The summed E-state index contributed by atoms with van der Waals surface area (Å²) in [5.74, 6) is 1.44. The lowest BCUT2D eigenvalue weighted by Gasteiger charge is -2.18. The van der Waals surface area contributed by atoms with E-state index in [2.05, 4.69) is 17.6 Å². The van der Waals surface area contributed by atoms with Gasteiger partial charge in [0.05, 0.1) is 12.0 Å². The summed E-state index contributed by atoms with van der Waals surface area (Å²) in [6.07, 6.45) is 1.17. The van der Waals surface area contributed by atoms with Crippen molar-refractivity contribution >= 4 is 23.5 Å².